The van der Waals surface area contributed by atoms with E-state index in [2.05, 4.69) is 0 Å². The Morgan fingerprint density at radius 3 is 2.94 bits per heavy atom. The lowest BCUT2D eigenvalue weighted by atomic mass is 10.2. The molecule has 1 heterocycles. The minimum absolute atomic E-state index is 0.00843. The number of thioether (sulfide) groups is 1. The van der Waals surface area contributed by atoms with Gasteiger partial charge in [-0.05, 0) is 12.1 Å². The van der Waals surface area contributed by atoms with Crippen LogP contribution < -0.4 is 9.47 Å². The number of para-hydroxylation sites is 2. The maximum absolute atomic E-state index is 10.7. The molecule has 2 unspecified atom stereocenters. The Balaban J connectivity index is 1.78. The van der Waals surface area contributed by atoms with Crippen molar-refractivity contribution in [1.82, 2.24) is 0 Å². The van der Waals surface area contributed by atoms with E-state index in [0.29, 0.717) is 12.4 Å². The minimum Gasteiger partial charge on any atom is -0.486 e. The molecule has 0 bridgehead atoms. The van der Waals surface area contributed by atoms with Crippen molar-refractivity contribution in [3.8, 4) is 11.5 Å². The third-order valence-corrected chi connectivity index (χ3v) is 4.00. The van der Waals surface area contributed by atoms with Crippen LogP contribution in [0.25, 0.3) is 0 Å². The number of ether oxygens (including phenoxy) is 2. The van der Waals surface area contributed by atoms with Gasteiger partial charge in [-0.15, -0.1) is 0 Å². The normalized spacial score (nSPS) is 19.3. The maximum atomic E-state index is 10.7. The van der Waals surface area contributed by atoms with Crippen LogP contribution in [0.3, 0.4) is 0 Å². The number of hydrogen-bond donors (Lipinski definition) is 1. The fraction of sp³-hybridized carbons (Fsp3) is 0.462. The van der Waals surface area contributed by atoms with E-state index >= 15 is 0 Å². The molecule has 1 N–H and O–H groups in total. The lowest BCUT2D eigenvalue weighted by Crippen LogP contribution is -2.31. The molecule has 1 aliphatic heterocycles. The summed E-state index contributed by atoms with van der Waals surface area (Å²) in [6, 6.07) is 7.58. The average Bonchev–Trinajstić information content (AvgIpc) is 2.38. The first-order valence-electron chi connectivity index (χ1n) is 5.86. The third-order valence-electron chi connectivity index (χ3n) is 2.66. The summed E-state index contributed by atoms with van der Waals surface area (Å²) in [5, 5.41) is 8.78. The second-order valence-corrected chi connectivity index (χ2v) is 5.35. The number of carboxylic acid groups (broad SMARTS) is 1. The summed E-state index contributed by atoms with van der Waals surface area (Å²) >= 11 is 1.59. The van der Waals surface area contributed by atoms with Crippen LogP contribution in [-0.2, 0) is 4.79 Å². The van der Waals surface area contributed by atoms with E-state index in [1.807, 2.05) is 24.3 Å². The molecule has 2 rings (SSSR count). The van der Waals surface area contributed by atoms with Gasteiger partial charge in [0.15, 0.2) is 11.5 Å². The predicted molar refractivity (Wildman–Crippen MR) is 70.5 cm³/mol. The van der Waals surface area contributed by atoms with Gasteiger partial charge in [-0.1, -0.05) is 19.1 Å². The molecule has 0 amide bonds. The van der Waals surface area contributed by atoms with Crippen LogP contribution >= 0.6 is 11.8 Å². The molecular formula is C13H16O4S. The van der Waals surface area contributed by atoms with Crippen LogP contribution in [0.5, 0.6) is 11.5 Å². The quantitative estimate of drug-likeness (QED) is 0.888. The van der Waals surface area contributed by atoms with Crippen molar-refractivity contribution in [3.63, 3.8) is 0 Å². The van der Waals surface area contributed by atoms with Gasteiger partial charge in [0.2, 0.25) is 0 Å². The molecule has 0 saturated carbocycles. The molecule has 0 spiro atoms. The Morgan fingerprint density at radius 1 is 1.50 bits per heavy atom. The van der Waals surface area contributed by atoms with Crippen LogP contribution in [0.4, 0.5) is 0 Å². The predicted octanol–water partition coefficient (Wildman–Crippen LogP) is 2.28. The van der Waals surface area contributed by atoms with Gasteiger partial charge in [-0.25, -0.2) is 0 Å². The van der Waals surface area contributed by atoms with Gasteiger partial charge >= 0.3 is 5.97 Å². The van der Waals surface area contributed by atoms with Crippen LogP contribution in [0.15, 0.2) is 24.3 Å². The van der Waals surface area contributed by atoms with E-state index in [1.54, 1.807) is 18.7 Å². The molecule has 18 heavy (non-hydrogen) atoms. The molecule has 1 aromatic carbocycles. The first kappa shape index (κ1) is 13.1. The first-order valence-corrected chi connectivity index (χ1v) is 7.01. The molecule has 5 heteroatoms. The Hall–Kier alpha value is -1.36. The van der Waals surface area contributed by atoms with E-state index in [9.17, 15) is 4.79 Å². The summed E-state index contributed by atoms with van der Waals surface area (Å²) in [7, 11) is 0. The zero-order valence-corrected chi connectivity index (χ0v) is 11.0. The molecule has 4 nitrogen and oxygen atoms in total. The van der Waals surface area contributed by atoms with Crippen molar-refractivity contribution in [3.05, 3.63) is 24.3 Å². The Bertz CT molecular complexity index is 421. The van der Waals surface area contributed by atoms with Crippen LogP contribution in [0.2, 0.25) is 0 Å². The van der Waals surface area contributed by atoms with Crippen molar-refractivity contribution in [2.45, 2.75) is 13.0 Å². The van der Waals surface area contributed by atoms with Crippen molar-refractivity contribution in [2.75, 3.05) is 18.1 Å². The standard InChI is InChI=1S/C13H16O4S/c1-9(13(14)15)7-18-8-10-6-16-11-4-2-3-5-12(11)17-10/h2-5,9-10H,6-8H2,1H3,(H,14,15). The minimum atomic E-state index is -0.756. The summed E-state index contributed by atoms with van der Waals surface area (Å²) in [6.45, 7) is 2.23. The van der Waals surface area contributed by atoms with Crippen LogP contribution in [0, 0.1) is 5.92 Å². The Labute approximate surface area is 110 Å². The highest BCUT2D eigenvalue weighted by Crippen LogP contribution is 2.31. The average molecular weight is 268 g/mol. The summed E-state index contributed by atoms with van der Waals surface area (Å²) in [4.78, 5) is 10.7. The molecule has 0 saturated heterocycles. The molecule has 1 aromatic rings. The number of carboxylic acids is 1. The van der Waals surface area contributed by atoms with Gasteiger partial charge in [-0.2, -0.15) is 11.8 Å². The highest BCUT2D eigenvalue weighted by atomic mass is 32.2. The number of fused-ring (bicyclic) bond motifs is 1. The molecule has 98 valence electrons. The fourth-order valence-electron chi connectivity index (χ4n) is 1.59. The van der Waals surface area contributed by atoms with Gasteiger partial charge in [0, 0.05) is 11.5 Å². The van der Waals surface area contributed by atoms with Gasteiger partial charge in [0.05, 0.1) is 5.92 Å². The van der Waals surface area contributed by atoms with E-state index in [0.717, 1.165) is 17.3 Å². The fourth-order valence-corrected chi connectivity index (χ4v) is 2.65. The summed E-state index contributed by atoms with van der Waals surface area (Å²) in [5.41, 5.74) is 0. The van der Waals surface area contributed by atoms with Gasteiger partial charge in [-0.3, -0.25) is 4.79 Å². The number of carbonyl (C=O) groups is 1. The molecule has 0 aromatic heterocycles. The van der Waals surface area contributed by atoms with Crippen LogP contribution in [0.1, 0.15) is 6.92 Å². The molecule has 0 fully saturated rings. The third kappa shape index (κ3) is 3.32. The van der Waals surface area contributed by atoms with Gasteiger partial charge < -0.3 is 14.6 Å². The highest BCUT2D eigenvalue weighted by Gasteiger charge is 2.21. The molecule has 2 atom stereocenters. The highest BCUT2D eigenvalue weighted by molar-refractivity contribution is 7.99. The van der Waals surface area contributed by atoms with E-state index < -0.39 is 5.97 Å². The summed E-state index contributed by atoms with van der Waals surface area (Å²) in [5.74, 6) is 1.79. The monoisotopic (exact) mass is 268 g/mol. The molecular weight excluding hydrogens is 252 g/mol. The second-order valence-electron chi connectivity index (χ2n) is 4.27. The number of rotatable bonds is 5. The lowest BCUT2D eigenvalue weighted by Gasteiger charge is -2.26. The smallest absolute Gasteiger partial charge is 0.307 e. The first-order chi connectivity index (χ1) is 8.66. The van der Waals surface area contributed by atoms with E-state index in [1.165, 1.54) is 0 Å². The number of aliphatic carboxylic acids is 1. The molecule has 1 aliphatic rings. The number of hydrogen-bond acceptors (Lipinski definition) is 4. The Kier molecular flexibility index (Phi) is 4.36. The summed E-state index contributed by atoms with van der Waals surface area (Å²) < 4.78 is 11.4. The molecule has 0 aliphatic carbocycles. The largest absolute Gasteiger partial charge is 0.486 e. The van der Waals surface area contributed by atoms with E-state index in [4.69, 9.17) is 14.6 Å². The van der Waals surface area contributed by atoms with E-state index in [-0.39, 0.29) is 12.0 Å². The van der Waals surface area contributed by atoms with Crippen molar-refractivity contribution in [1.29, 1.82) is 0 Å². The van der Waals surface area contributed by atoms with Gasteiger partial charge in [0.25, 0.3) is 0 Å². The maximum Gasteiger partial charge on any atom is 0.307 e. The van der Waals surface area contributed by atoms with Crippen molar-refractivity contribution >= 4 is 17.7 Å². The zero-order chi connectivity index (χ0) is 13.0. The SMILES string of the molecule is CC(CSCC1COc2ccccc2O1)C(=O)O. The Morgan fingerprint density at radius 2 is 2.22 bits per heavy atom. The van der Waals surface area contributed by atoms with Crippen molar-refractivity contribution < 1.29 is 19.4 Å². The van der Waals surface area contributed by atoms with Crippen LogP contribution in [-0.4, -0.2) is 35.3 Å². The lowest BCUT2D eigenvalue weighted by molar-refractivity contribution is -0.140. The molecule has 0 radical (unpaired) electrons. The van der Waals surface area contributed by atoms with Gasteiger partial charge in [0.1, 0.15) is 12.7 Å². The topological polar surface area (TPSA) is 55.8 Å². The summed E-state index contributed by atoms with van der Waals surface area (Å²) in [6.07, 6.45) is -0.00843. The zero-order valence-electron chi connectivity index (χ0n) is 10.2. The second kappa shape index (κ2) is 6.00. The van der Waals surface area contributed by atoms with Crippen molar-refractivity contribution in [2.24, 2.45) is 5.92 Å². The number of benzene rings is 1.